The fraction of sp³-hybridized carbons (Fsp3) is 0.688. The molecule has 21 heteroatoms. The molecule has 0 aliphatic carbocycles. The van der Waals surface area contributed by atoms with E-state index in [9.17, 15) is 15.3 Å². The highest BCUT2D eigenvalue weighted by molar-refractivity contribution is 6.84. The monoisotopic (exact) mass is 776 g/mol. The van der Waals surface area contributed by atoms with Gasteiger partial charge in [-0.15, -0.1) is 0 Å². The van der Waals surface area contributed by atoms with Gasteiger partial charge in [-0.1, -0.05) is 55.4 Å². The van der Waals surface area contributed by atoms with Crippen LogP contribution in [0.1, 0.15) is 67.8 Å². The summed E-state index contributed by atoms with van der Waals surface area (Å²) in [4.78, 5) is 24.6. The van der Waals surface area contributed by atoms with Crippen LogP contribution in [-0.4, -0.2) is 126 Å². The van der Waals surface area contributed by atoms with Crippen molar-refractivity contribution in [2.75, 3.05) is 24.7 Å². The van der Waals surface area contributed by atoms with E-state index in [1.807, 2.05) is 0 Å². The number of aromatic nitrogens is 8. The number of fused-ring (bicyclic) bond motifs is 3. The van der Waals surface area contributed by atoms with Crippen LogP contribution in [0.4, 0.5) is 11.6 Å². The predicted octanol–water partition coefficient (Wildman–Crippen LogP) is 1.64. The molecule has 4 aromatic heterocycles. The average molecular weight is 777 g/mol. The van der Waals surface area contributed by atoms with E-state index in [1.165, 1.54) is 23.5 Å². The van der Waals surface area contributed by atoms with Crippen LogP contribution in [-0.2, 0) is 22.4 Å². The molecule has 3 aliphatic heterocycles. The number of aliphatic hydroxyl groups is 4. The van der Waals surface area contributed by atoms with Gasteiger partial charge >= 0.3 is 17.1 Å². The number of imidazole rings is 2. The van der Waals surface area contributed by atoms with Crippen LogP contribution >= 0.6 is 0 Å². The van der Waals surface area contributed by atoms with Gasteiger partial charge in [0.05, 0.1) is 25.9 Å². The first-order valence-corrected chi connectivity index (χ1v) is 21.9. The Bertz CT molecular complexity index is 1860. The number of hydrogen-bond acceptors (Lipinski definition) is 17. The van der Waals surface area contributed by atoms with Crippen LogP contribution in [0.3, 0.4) is 0 Å². The maximum absolute atomic E-state index is 11.5. The molecule has 4 unspecified atom stereocenters. The molecule has 7 rings (SSSR count). The Hall–Kier alpha value is -3.23. The zero-order chi connectivity index (χ0) is 38.6. The van der Waals surface area contributed by atoms with Crippen molar-refractivity contribution in [2.24, 2.45) is 0 Å². The molecular weight excluding hydrogens is 725 g/mol. The molecule has 19 nitrogen and oxygen atoms in total. The van der Waals surface area contributed by atoms with E-state index in [-0.39, 0.29) is 33.8 Å². The van der Waals surface area contributed by atoms with Crippen LogP contribution in [0, 0.1) is 0 Å². The third-order valence-electron chi connectivity index (χ3n) is 10.5. The van der Waals surface area contributed by atoms with Gasteiger partial charge in [0.2, 0.25) is 0 Å². The molecule has 3 aliphatic rings. The van der Waals surface area contributed by atoms with Gasteiger partial charge in [0, 0.05) is 0 Å². The third kappa shape index (κ3) is 6.75. The summed E-state index contributed by atoms with van der Waals surface area (Å²) >= 11 is 0. The second-order valence-corrected chi connectivity index (χ2v) is 23.9. The molecule has 8 N–H and O–H groups in total. The van der Waals surface area contributed by atoms with Crippen LogP contribution in [0.25, 0.3) is 22.3 Å². The molecule has 292 valence electrons. The standard InChI is InChI=1S/C22H39N5O5Si2.C10H13N5O4/c1-12(2)33(13(3)4)29-9-16-19(31-34(32-33,14(5)6)15(7)8)18(28)22(30-16)27-11-26-17-20(23)24-10-25-21(17)27;11-8-5-9(13-2-12-8)15(3-14-5)10-7(18)6(17)4(1-16)19-10/h10-16,18-19,22,28H,9H2,1-8H3,(H2,23,24,25);2-4,6-7,10,16-18H,1H2,(H2,11,12,13)/t16-,18?,19?,22-;4-,6?,7?,10-/m00/s1. The molecule has 0 spiro atoms. The smallest absolute Gasteiger partial charge is 0.335 e. The third-order valence-corrected chi connectivity index (χ3v) is 20.7. The van der Waals surface area contributed by atoms with Crippen LogP contribution in [0.5, 0.6) is 0 Å². The van der Waals surface area contributed by atoms with Crippen LogP contribution in [0.15, 0.2) is 25.3 Å². The van der Waals surface area contributed by atoms with Crippen molar-refractivity contribution in [1.29, 1.82) is 0 Å². The Balaban J connectivity index is 0.000000213. The lowest BCUT2D eigenvalue weighted by atomic mass is 10.1. The normalized spacial score (nSPS) is 29.9. The average Bonchev–Trinajstić information content (AvgIpc) is 3.86. The molecular formula is C32H52N10O9Si2. The molecule has 0 saturated carbocycles. The minimum Gasteiger partial charge on any atom is -0.414 e. The van der Waals surface area contributed by atoms with Crippen molar-refractivity contribution in [2.45, 2.75) is 127 Å². The molecule has 3 saturated heterocycles. The van der Waals surface area contributed by atoms with Crippen molar-refractivity contribution >= 4 is 51.1 Å². The van der Waals surface area contributed by atoms with Gasteiger partial charge in [-0.3, -0.25) is 9.13 Å². The molecule has 0 bridgehead atoms. The highest BCUT2D eigenvalue weighted by Crippen LogP contribution is 2.48. The summed E-state index contributed by atoms with van der Waals surface area (Å²) < 4.78 is 35.9. The first-order valence-electron chi connectivity index (χ1n) is 17.9. The fourth-order valence-electron chi connectivity index (χ4n) is 7.59. The van der Waals surface area contributed by atoms with Gasteiger partial charge in [0.25, 0.3) is 0 Å². The molecule has 7 heterocycles. The first kappa shape index (κ1) is 39.5. The SMILES string of the molecule is CC(C)[Si]1(C(C)C)OC[C@@H]2O[C@H](n3cnc4c(N)ncnc43)C(O)C2O[Si](C(C)C)(C(C)C)O1.Nc1ncnc2c1ncn2[C@H]1O[C@@H](CO)C(O)C1O. The summed E-state index contributed by atoms with van der Waals surface area (Å²) in [6, 6.07) is 0. The van der Waals surface area contributed by atoms with Crippen LogP contribution < -0.4 is 11.5 Å². The van der Waals surface area contributed by atoms with Gasteiger partial charge in [-0.25, -0.2) is 29.9 Å². The van der Waals surface area contributed by atoms with Crippen molar-refractivity contribution in [3.63, 3.8) is 0 Å². The highest BCUT2D eigenvalue weighted by Gasteiger charge is 2.61. The van der Waals surface area contributed by atoms with Crippen molar-refractivity contribution in [3.8, 4) is 0 Å². The molecule has 0 radical (unpaired) electrons. The van der Waals surface area contributed by atoms with Gasteiger partial charge in [0.1, 0.15) is 60.3 Å². The summed E-state index contributed by atoms with van der Waals surface area (Å²) in [5, 5.41) is 40.2. The quantitative estimate of drug-likeness (QED) is 0.146. The Morgan fingerprint density at radius 3 is 1.64 bits per heavy atom. The van der Waals surface area contributed by atoms with E-state index < -0.39 is 72.8 Å². The minimum atomic E-state index is -2.86. The Kier molecular flexibility index (Phi) is 11.3. The van der Waals surface area contributed by atoms with Crippen molar-refractivity contribution < 1.29 is 42.9 Å². The molecule has 0 amide bonds. The van der Waals surface area contributed by atoms with Crippen molar-refractivity contribution in [1.82, 2.24) is 39.0 Å². The van der Waals surface area contributed by atoms with E-state index in [0.29, 0.717) is 28.9 Å². The second kappa shape index (κ2) is 15.1. The van der Waals surface area contributed by atoms with E-state index in [4.69, 9.17) is 39.0 Å². The fourth-order valence-corrected chi connectivity index (χ4v) is 18.8. The molecule has 4 aromatic rings. The highest BCUT2D eigenvalue weighted by atomic mass is 28.5. The zero-order valence-electron chi connectivity index (χ0n) is 31.2. The Morgan fingerprint density at radius 2 is 1.19 bits per heavy atom. The Morgan fingerprint density at radius 1 is 0.698 bits per heavy atom. The molecule has 8 atom stereocenters. The number of hydrogen-bond donors (Lipinski definition) is 6. The molecule has 0 aromatic carbocycles. The molecule has 3 fully saturated rings. The Labute approximate surface area is 309 Å². The van der Waals surface area contributed by atoms with Crippen LogP contribution in [0.2, 0.25) is 22.2 Å². The first-order chi connectivity index (χ1) is 25.1. The molecule has 53 heavy (non-hydrogen) atoms. The largest absolute Gasteiger partial charge is 0.414 e. The number of rotatable bonds is 7. The lowest BCUT2D eigenvalue weighted by Gasteiger charge is -2.51. The topological polar surface area (TPSA) is 266 Å². The number of ether oxygens (including phenoxy) is 2. The summed E-state index contributed by atoms with van der Waals surface area (Å²) in [6.45, 7) is 17.3. The van der Waals surface area contributed by atoms with E-state index >= 15 is 0 Å². The van der Waals surface area contributed by atoms with E-state index in [0.717, 1.165) is 0 Å². The lowest BCUT2D eigenvalue weighted by molar-refractivity contribution is -0.0570. The number of anilines is 2. The summed E-state index contributed by atoms with van der Waals surface area (Å²) in [6.07, 6.45) is -1.20. The van der Waals surface area contributed by atoms with Crippen molar-refractivity contribution in [3.05, 3.63) is 25.3 Å². The lowest BCUT2D eigenvalue weighted by Crippen LogP contribution is -2.65. The maximum atomic E-state index is 11.5. The summed E-state index contributed by atoms with van der Waals surface area (Å²) in [5.74, 6) is 0.501. The maximum Gasteiger partial charge on any atom is 0.335 e. The predicted molar refractivity (Wildman–Crippen MR) is 196 cm³/mol. The van der Waals surface area contributed by atoms with E-state index in [1.54, 1.807) is 10.9 Å². The number of nitrogens with zero attached hydrogens (tertiary/aromatic N) is 8. The second-order valence-electron chi connectivity index (χ2n) is 15.0. The minimum absolute atomic E-state index is 0.159. The van der Waals surface area contributed by atoms with E-state index in [2.05, 4.69) is 85.3 Å². The number of nitrogen functional groups attached to an aromatic ring is 2. The van der Waals surface area contributed by atoms with Gasteiger partial charge in [-0.2, -0.15) is 0 Å². The van der Waals surface area contributed by atoms with Gasteiger partial charge in [0.15, 0.2) is 35.4 Å². The zero-order valence-corrected chi connectivity index (χ0v) is 33.2. The number of nitrogens with two attached hydrogens (primary N) is 2. The summed E-state index contributed by atoms with van der Waals surface area (Å²) in [5.41, 5.74) is 14.2. The van der Waals surface area contributed by atoms with Gasteiger partial charge in [-0.05, 0) is 22.2 Å². The number of aliphatic hydroxyl groups excluding tert-OH is 4. The van der Waals surface area contributed by atoms with Gasteiger partial charge < -0.3 is 54.3 Å². The summed E-state index contributed by atoms with van der Waals surface area (Å²) in [7, 11) is -5.54.